The van der Waals surface area contributed by atoms with Crippen LogP contribution in [-0.4, -0.2) is 80.1 Å². The van der Waals surface area contributed by atoms with Crippen molar-refractivity contribution in [2.45, 2.75) is 40.5 Å². The lowest BCUT2D eigenvalue weighted by Crippen LogP contribution is -2.46. The standard InChI is InChI=1S/C35H46N4O4S/c1-26(2)23-39(24-27(3)4)35(40)43-25-42-34-13-11-28-10-12-29(22-31(28)36-34)41-20-6-5-15-37-16-18-38(19-17-37)32-8-7-9-33-30(32)14-21-44-33/h7-14,21-22,26-27H,5-6,15-20,23-25H2,1-4H3. The molecule has 0 saturated carbocycles. The molecule has 8 nitrogen and oxygen atoms in total. The Balaban J connectivity index is 1.02. The largest absolute Gasteiger partial charge is 0.494 e. The van der Waals surface area contributed by atoms with Crippen LogP contribution in [0.2, 0.25) is 0 Å². The maximum Gasteiger partial charge on any atom is 0.412 e. The fourth-order valence-corrected chi connectivity index (χ4v) is 6.49. The predicted octanol–water partition coefficient (Wildman–Crippen LogP) is 7.52. The maximum absolute atomic E-state index is 12.6. The van der Waals surface area contributed by atoms with Crippen molar-refractivity contribution in [3.8, 4) is 11.6 Å². The van der Waals surface area contributed by atoms with Crippen molar-refractivity contribution in [1.29, 1.82) is 0 Å². The van der Waals surface area contributed by atoms with Crippen LogP contribution in [0.25, 0.3) is 21.0 Å². The molecule has 2 aromatic heterocycles. The van der Waals surface area contributed by atoms with E-state index in [-0.39, 0.29) is 12.9 Å². The van der Waals surface area contributed by atoms with Gasteiger partial charge in [-0.05, 0) is 73.0 Å². The molecule has 1 aliphatic rings. The molecule has 1 saturated heterocycles. The van der Waals surface area contributed by atoms with Gasteiger partial charge in [0.1, 0.15) is 5.75 Å². The minimum Gasteiger partial charge on any atom is -0.494 e. The van der Waals surface area contributed by atoms with E-state index in [0.717, 1.165) is 62.2 Å². The molecule has 0 atom stereocenters. The highest BCUT2D eigenvalue weighted by Crippen LogP contribution is 2.31. The highest BCUT2D eigenvalue weighted by molar-refractivity contribution is 7.17. The average molecular weight is 619 g/mol. The molecular weight excluding hydrogens is 572 g/mol. The summed E-state index contributed by atoms with van der Waals surface area (Å²) in [6.07, 6.45) is 1.74. The maximum atomic E-state index is 12.6. The molecule has 0 bridgehead atoms. The molecule has 1 fully saturated rings. The molecule has 0 radical (unpaired) electrons. The lowest BCUT2D eigenvalue weighted by atomic mass is 10.1. The molecule has 0 unspecified atom stereocenters. The van der Waals surface area contributed by atoms with Crippen LogP contribution in [0.3, 0.4) is 0 Å². The van der Waals surface area contributed by atoms with Crippen molar-refractivity contribution in [2.75, 3.05) is 64.1 Å². The molecule has 5 rings (SSSR count). The van der Waals surface area contributed by atoms with Gasteiger partial charge in [-0.1, -0.05) is 33.8 Å². The van der Waals surface area contributed by atoms with Gasteiger partial charge >= 0.3 is 6.09 Å². The fourth-order valence-electron chi connectivity index (χ4n) is 5.68. The van der Waals surface area contributed by atoms with Crippen molar-refractivity contribution in [2.24, 2.45) is 11.8 Å². The highest BCUT2D eigenvalue weighted by Gasteiger charge is 2.19. The zero-order valence-corrected chi connectivity index (χ0v) is 27.4. The van der Waals surface area contributed by atoms with Crippen LogP contribution in [0.1, 0.15) is 40.5 Å². The second-order valence-corrected chi connectivity index (χ2v) is 13.3. The zero-order chi connectivity index (χ0) is 30.9. The molecule has 1 aliphatic heterocycles. The van der Waals surface area contributed by atoms with E-state index in [1.165, 1.54) is 15.8 Å². The van der Waals surface area contributed by atoms with Crippen molar-refractivity contribution >= 4 is 44.1 Å². The number of ether oxygens (including phenoxy) is 3. The smallest absolute Gasteiger partial charge is 0.412 e. The average Bonchev–Trinajstić information content (AvgIpc) is 3.50. The number of piperazine rings is 1. The molecule has 3 heterocycles. The minimum absolute atomic E-state index is 0.181. The monoisotopic (exact) mass is 618 g/mol. The first kappa shape index (κ1) is 31.9. The van der Waals surface area contributed by atoms with Gasteiger partial charge < -0.3 is 24.0 Å². The SMILES string of the molecule is CC(C)CN(CC(C)C)C(=O)OCOc1ccc2ccc(OCCCCN3CCN(c4cccc5sccc45)CC3)cc2n1. The molecule has 44 heavy (non-hydrogen) atoms. The summed E-state index contributed by atoms with van der Waals surface area (Å²) in [6.45, 7) is 15.6. The Labute approximate surface area is 265 Å². The van der Waals surface area contributed by atoms with E-state index in [4.69, 9.17) is 14.2 Å². The number of amides is 1. The number of carbonyl (C=O) groups is 1. The van der Waals surface area contributed by atoms with Crippen LogP contribution < -0.4 is 14.4 Å². The van der Waals surface area contributed by atoms with Gasteiger partial charge in [0, 0.05) is 72.6 Å². The molecule has 9 heteroatoms. The van der Waals surface area contributed by atoms with Crippen LogP contribution in [-0.2, 0) is 4.74 Å². The Kier molecular flexibility index (Phi) is 11.2. The first-order valence-electron chi connectivity index (χ1n) is 15.9. The number of thiophene rings is 1. The summed E-state index contributed by atoms with van der Waals surface area (Å²) in [5, 5.41) is 4.56. The Morgan fingerprint density at radius 2 is 1.70 bits per heavy atom. The Morgan fingerprint density at radius 1 is 0.932 bits per heavy atom. The number of aromatic nitrogens is 1. The van der Waals surface area contributed by atoms with Gasteiger partial charge in [-0.2, -0.15) is 0 Å². The number of carbonyl (C=O) groups excluding carboxylic acids is 1. The van der Waals surface area contributed by atoms with Gasteiger partial charge in [-0.25, -0.2) is 9.78 Å². The van der Waals surface area contributed by atoms with E-state index in [9.17, 15) is 4.79 Å². The van der Waals surface area contributed by atoms with Crippen LogP contribution >= 0.6 is 11.3 Å². The molecule has 236 valence electrons. The summed E-state index contributed by atoms with van der Waals surface area (Å²) in [6, 6.07) is 18.6. The van der Waals surface area contributed by atoms with E-state index in [1.54, 1.807) is 11.0 Å². The summed E-state index contributed by atoms with van der Waals surface area (Å²) in [4.78, 5) is 24.0. The third-order valence-electron chi connectivity index (χ3n) is 7.78. The minimum atomic E-state index is -0.363. The van der Waals surface area contributed by atoms with Crippen molar-refractivity contribution < 1.29 is 19.0 Å². The molecule has 4 aromatic rings. The van der Waals surface area contributed by atoms with Gasteiger partial charge in [0.05, 0.1) is 12.1 Å². The number of benzene rings is 2. The summed E-state index contributed by atoms with van der Waals surface area (Å²) >= 11 is 1.81. The normalized spacial score (nSPS) is 14.1. The molecular formula is C35H46N4O4S. The number of fused-ring (bicyclic) bond motifs is 2. The second-order valence-electron chi connectivity index (χ2n) is 12.4. The predicted molar refractivity (Wildman–Crippen MR) is 180 cm³/mol. The Morgan fingerprint density at radius 3 is 2.48 bits per heavy atom. The highest BCUT2D eigenvalue weighted by atomic mass is 32.1. The topological polar surface area (TPSA) is 67.4 Å². The van der Waals surface area contributed by atoms with Crippen LogP contribution in [0.4, 0.5) is 10.5 Å². The van der Waals surface area contributed by atoms with Gasteiger partial charge in [0.15, 0.2) is 0 Å². The Bertz CT molecular complexity index is 1490. The molecule has 0 N–H and O–H groups in total. The van der Waals surface area contributed by atoms with E-state index < -0.39 is 0 Å². The molecule has 1 amide bonds. The van der Waals surface area contributed by atoms with Crippen molar-refractivity contribution in [3.63, 3.8) is 0 Å². The second kappa shape index (κ2) is 15.4. The molecule has 0 spiro atoms. The number of hydrogen-bond donors (Lipinski definition) is 0. The summed E-state index contributed by atoms with van der Waals surface area (Å²) in [5.74, 6) is 1.93. The van der Waals surface area contributed by atoms with Crippen molar-refractivity contribution in [1.82, 2.24) is 14.8 Å². The number of unbranched alkanes of at least 4 members (excludes halogenated alkanes) is 1. The zero-order valence-electron chi connectivity index (χ0n) is 26.5. The molecule has 0 aliphatic carbocycles. The van der Waals surface area contributed by atoms with E-state index in [0.29, 0.717) is 37.4 Å². The van der Waals surface area contributed by atoms with Gasteiger partial charge in [0.25, 0.3) is 0 Å². The lowest BCUT2D eigenvalue weighted by Gasteiger charge is -2.36. The van der Waals surface area contributed by atoms with Gasteiger partial charge in [0.2, 0.25) is 12.7 Å². The lowest BCUT2D eigenvalue weighted by molar-refractivity contribution is 0.0289. The number of hydrogen-bond acceptors (Lipinski definition) is 8. The number of anilines is 1. The van der Waals surface area contributed by atoms with E-state index in [1.807, 2.05) is 35.6 Å². The van der Waals surface area contributed by atoms with Crippen molar-refractivity contribution in [3.05, 3.63) is 60.0 Å². The van der Waals surface area contributed by atoms with Crippen LogP contribution in [0, 0.1) is 11.8 Å². The van der Waals surface area contributed by atoms with Crippen LogP contribution in [0.5, 0.6) is 11.6 Å². The third-order valence-corrected chi connectivity index (χ3v) is 8.66. The first-order valence-corrected chi connectivity index (χ1v) is 16.8. The van der Waals surface area contributed by atoms with E-state index >= 15 is 0 Å². The van der Waals surface area contributed by atoms with E-state index in [2.05, 4.69) is 72.1 Å². The summed E-state index contributed by atoms with van der Waals surface area (Å²) in [5.41, 5.74) is 2.15. The van der Waals surface area contributed by atoms with Gasteiger partial charge in [-0.3, -0.25) is 4.90 Å². The number of rotatable bonds is 14. The fraction of sp³-hybridized carbons (Fsp3) is 0.486. The third kappa shape index (κ3) is 8.76. The summed E-state index contributed by atoms with van der Waals surface area (Å²) < 4.78 is 18.5. The van der Waals surface area contributed by atoms with Gasteiger partial charge in [-0.15, -0.1) is 11.3 Å². The molecule has 2 aromatic carbocycles. The summed E-state index contributed by atoms with van der Waals surface area (Å²) in [7, 11) is 0. The quantitative estimate of drug-likeness (QED) is 0.107. The number of nitrogens with zero attached hydrogens (tertiary/aromatic N) is 4. The first-order chi connectivity index (χ1) is 21.4. The number of pyridine rings is 1. The Hall–Kier alpha value is -3.56. The van der Waals surface area contributed by atoms with Crippen LogP contribution in [0.15, 0.2) is 60.0 Å².